The van der Waals surface area contributed by atoms with Gasteiger partial charge in [0.15, 0.2) is 11.5 Å². The third kappa shape index (κ3) is 6.40. The Labute approximate surface area is 264 Å². The van der Waals surface area contributed by atoms with Crippen molar-refractivity contribution < 1.29 is 17.9 Å². The van der Waals surface area contributed by atoms with Gasteiger partial charge in [-0.1, -0.05) is 45.0 Å². The second-order valence-corrected chi connectivity index (χ2v) is 14.8. The van der Waals surface area contributed by atoms with Crippen LogP contribution >= 0.6 is 0 Å². The van der Waals surface area contributed by atoms with Gasteiger partial charge in [-0.05, 0) is 98.8 Å². The third-order valence-electron chi connectivity index (χ3n) is 8.85. The van der Waals surface area contributed by atoms with Crippen LogP contribution < -0.4 is 20.1 Å². The van der Waals surface area contributed by atoms with Gasteiger partial charge in [-0.2, -0.15) is 0 Å². The lowest BCUT2D eigenvalue weighted by Crippen LogP contribution is -2.35. The Bertz CT molecular complexity index is 1830. The Kier molecular flexibility index (Phi) is 8.31. The van der Waals surface area contributed by atoms with Crippen LogP contribution in [0.5, 0.6) is 5.75 Å². The molecule has 0 unspecified atom stereocenters. The molecule has 4 aromatic rings. The van der Waals surface area contributed by atoms with Crippen LogP contribution in [0.25, 0.3) is 5.65 Å². The fourth-order valence-corrected chi connectivity index (χ4v) is 7.11. The first-order chi connectivity index (χ1) is 21.4. The van der Waals surface area contributed by atoms with Gasteiger partial charge in [0.2, 0.25) is 10.0 Å². The number of fused-ring (bicyclic) bond motifs is 2. The van der Waals surface area contributed by atoms with Gasteiger partial charge in [0.25, 0.3) is 0 Å². The maximum atomic E-state index is 13.3. The molecule has 2 amide bonds. The van der Waals surface area contributed by atoms with Gasteiger partial charge in [-0.15, -0.1) is 10.2 Å². The molecular weight excluding hydrogens is 590 g/mol. The summed E-state index contributed by atoms with van der Waals surface area (Å²) in [7, 11) is -0.209. The van der Waals surface area contributed by atoms with Gasteiger partial charge in [0.1, 0.15) is 11.9 Å². The Hall–Kier alpha value is -4.00. The number of hydrogen-bond donors (Lipinski definition) is 3. The quantitative estimate of drug-likeness (QED) is 0.246. The summed E-state index contributed by atoms with van der Waals surface area (Å²) in [5.74, 6) is 1.66. The number of carbonyl (C=O) groups excluding carboxylic acids is 1. The Morgan fingerprint density at radius 1 is 1.00 bits per heavy atom. The average molecular weight is 632 g/mol. The first kappa shape index (κ1) is 31.0. The minimum absolute atomic E-state index is 0.0998. The highest BCUT2D eigenvalue weighted by Gasteiger charge is 2.31. The van der Waals surface area contributed by atoms with E-state index < -0.39 is 16.1 Å². The number of aromatic nitrogens is 3. The second-order valence-electron chi connectivity index (χ2n) is 13.0. The fraction of sp³-hybridized carbons (Fsp3) is 0.424. The largest absolute Gasteiger partial charge is 0.484 e. The van der Waals surface area contributed by atoms with Crippen molar-refractivity contribution >= 4 is 27.4 Å². The number of hydrogen-bond acceptors (Lipinski definition) is 7. The second kappa shape index (κ2) is 12.1. The number of ether oxygens (including phenoxy) is 1. The first-order valence-electron chi connectivity index (χ1n) is 15.4. The van der Waals surface area contributed by atoms with E-state index in [1.54, 1.807) is 6.07 Å². The zero-order valence-corrected chi connectivity index (χ0v) is 27.2. The molecule has 1 aliphatic heterocycles. The van der Waals surface area contributed by atoms with Gasteiger partial charge in [0, 0.05) is 5.69 Å². The number of nitrogens with zero attached hydrogens (tertiary/aromatic N) is 4. The minimum Gasteiger partial charge on any atom is -0.484 e. The lowest BCUT2D eigenvalue weighted by Gasteiger charge is -2.32. The maximum Gasteiger partial charge on any atom is 0.319 e. The van der Waals surface area contributed by atoms with Gasteiger partial charge in [-0.25, -0.2) is 17.9 Å². The van der Waals surface area contributed by atoms with Crippen molar-refractivity contribution in [2.45, 2.75) is 75.0 Å². The summed E-state index contributed by atoms with van der Waals surface area (Å²) < 4.78 is 36.2. The molecule has 0 bridgehead atoms. The molecule has 0 spiro atoms. The number of carbonyl (C=O) groups is 1. The van der Waals surface area contributed by atoms with Crippen molar-refractivity contribution in [1.82, 2.24) is 29.5 Å². The highest BCUT2D eigenvalue weighted by Crippen LogP contribution is 2.39. The summed E-state index contributed by atoms with van der Waals surface area (Å²) in [6, 6.07) is 16.4. The molecule has 1 fully saturated rings. The summed E-state index contributed by atoms with van der Waals surface area (Å²) in [6.45, 7) is 7.04. The molecule has 238 valence electrons. The predicted molar refractivity (Wildman–Crippen MR) is 173 cm³/mol. The van der Waals surface area contributed by atoms with E-state index in [2.05, 4.69) is 37.5 Å². The van der Waals surface area contributed by atoms with Crippen LogP contribution in [0.15, 0.2) is 65.7 Å². The summed E-state index contributed by atoms with van der Waals surface area (Å²) in [5, 5.41) is 14.9. The number of sulfonamides is 1. The van der Waals surface area contributed by atoms with Crippen molar-refractivity contribution in [2.24, 2.45) is 0 Å². The Balaban J connectivity index is 1.20. The van der Waals surface area contributed by atoms with E-state index in [0.717, 1.165) is 53.3 Å². The van der Waals surface area contributed by atoms with Crippen LogP contribution in [0.4, 0.5) is 10.5 Å². The number of urea groups is 1. The molecule has 2 aliphatic rings. The van der Waals surface area contributed by atoms with Gasteiger partial charge in [-0.3, -0.25) is 9.30 Å². The first-order valence-corrected chi connectivity index (χ1v) is 16.9. The number of anilines is 1. The van der Waals surface area contributed by atoms with Crippen molar-refractivity contribution in [2.75, 3.05) is 26.0 Å². The van der Waals surface area contributed by atoms with Crippen molar-refractivity contribution in [1.29, 1.82) is 0 Å². The standard InChI is InChI=1S/C33H41N7O4S/c1-33(2,3)21-17-22(19-24(18-21)45(42,43)34-4)35-32(41)36-27-13-14-29(26-10-7-6-9-25(26)27)44-23-12-15-30-37-38-31(40(30)20-23)28-11-8-16-39(28)5/h6-7,9-10,12,15,17-20,27-29,34H,8,11,13-14,16H2,1-5H3,(H2,35,36,41)/t27-,28-,29+/m0/s1. The highest BCUT2D eigenvalue weighted by molar-refractivity contribution is 7.89. The van der Waals surface area contributed by atoms with E-state index in [1.165, 1.54) is 13.1 Å². The minimum atomic E-state index is -3.70. The molecule has 6 rings (SSSR count). The SMILES string of the molecule is CNS(=O)(=O)c1cc(NC(=O)N[C@H]2CC[C@@H](Oc3ccc4nnc([C@@H]5CCCN5C)n4c3)c3ccccc32)cc(C(C)(C)C)c1. The number of nitrogens with one attached hydrogen (secondary N) is 3. The highest BCUT2D eigenvalue weighted by atomic mass is 32.2. The fourth-order valence-electron chi connectivity index (χ4n) is 6.31. The molecule has 3 heterocycles. The monoisotopic (exact) mass is 631 g/mol. The smallest absolute Gasteiger partial charge is 0.319 e. The van der Waals surface area contributed by atoms with Crippen LogP contribution in [0.1, 0.15) is 87.2 Å². The molecule has 0 radical (unpaired) electrons. The Morgan fingerprint density at radius 3 is 2.49 bits per heavy atom. The maximum absolute atomic E-state index is 13.3. The summed E-state index contributed by atoms with van der Waals surface area (Å²) in [6.07, 6.45) is 5.35. The molecule has 3 atom stereocenters. The van der Waals surface area contributed by atoms with Gasteiger partial charge < -0.3 is 15.4 Å². The van der Waals surface area contributed by atoms with E-state index in [9.17, 15) is 13.2 Å². The predicted octanol–water partition coefficient (Wildman–Crippen LogP) is 5.48. The molecule has 1 aliphatic carbocycles. The topological polar surface area (TPSA) is 130 Å². The number of amides is 2. The van der Waals surface area contributed by atoms with Crippen LogP contribution in [0, 0.1) is 0 Å². The van der Waals surface area contributed by atoms with E-state index in [1.807, 2.05) is 73.8 Å². The summed E-state index contributed by atoms with van der Waals surface area (Å²) in [4.78, 5) is 15.7. The van der Waals surface area contributed by atoms with Crippen LogP contribution in [0.3, 0.4) is 0 Å². The van der Waals surface area contributed by atoms with Crippen LogP contribution in [-0.4, -0.2) is 54.6 Å². The molecule has 12 heteroatoms. The molecule has 3 N–H and O–H groups in total. The molecular formula is C33H41N7O4S. The van der Waals surface area contributed by atoms with E-state index in [4.69, 9.17) is 4.74 Å². The number of benzene rings is 2. The van der Waals surface area contributed by atoms with Gasteiger partial charge in [0.05, 0.1) is 23.2 Å². The van der Waals surface area contributed by atoms with Crippen molar-refractivity contribution in [3.63, 3.8) is 0 Å². The number of pyridine rings is 1. The van der Waals surface area contributed by atoms with E-state index >= 15 is 0 Å². The molecule has 2 aromatic heterocycles. The number of rotatable bonds is 7. The van der Waals surface area contributed by atoms with Crippen molar-refractivity contribution in [3.8, 4) is 5.75 Å². The average Bonchev–Trinajstić information content (AvgIpc) is 3.62. The molecule has 11 nitrogen and oxygen atoms in total. The lowest BCUT2D eigenvalue weighted by atomic mass is 9.85. The lowest BCUT2D eigenvalue weighted by molar-refractivity contribution is 0.171. The molecule has 0 saturated carbocycles. The van der Waals surface area contributed by atoms with E-state index in [-0.39, 0.29) is 28.5 Å². The molecule has 1 saturated heterocycles. The summed E-state index contributed by atoms with van der Waals surface area (Å²) >= 11 is 0. The van der Waals surface area contributed by atoms with Crippen LogP contribution in [-0.2, 0) is 15.4 Å². The zero-order chi connectivity index (χ0) is 31.9. The van der Waals surface area contributed by atoms with Crippen LogP contribution in [0.2, 0.25) is 0 Å². The van der Waals surface area contributed by atoms with E-state index in [0.29, 0.717) is 18.5 Å². The molecule has 2 aromatic carbocycles. The molecule has 45 heavy (non-hydrogen) atoms. The third-order valence-corrected chi connectivity index (χ3v) is 10.2. The Morgan fingerprint density at radius 2 is 1.78 bits per heavy atom. The van der Waals surface area contributed by atoms with Crippen molar-refractivity contribution in [3.05, 3.63) is 83.3 Å². The number of likely N-dealkylation sites (tertiary alicyclic amines) is 1. The van der Waals surface area contributed by atoms with Gasteiger partial charge >= 0.3 is 6.03 Å². The normalized spacial score (nSPS) is 20.6. The zero-order valence-electron chi connectivity index (χ0n) is 26.4. The summed E-state index contributed by atoms with van der Waals surface area (Å²) in [5.41, 5.74) is 3.68.